The highest BCUT2D eigenvalue weighted by atomic mass is 19.1. The van der Waals surface area contributed by atoms with Crippen LogP contribution in [0.5, 0.6) is 0 Å². The van der Waals surface area contributed by atoms with E-state index < -0.39 is 11.6 Å². The van der Waals surface area contributed by atoms with Crippen LogP contribution in [0.1, 0.15) is 31.9 Å². The van der Waals surface area contributed by atoms with Crippen LogP contribution in [0.15, 0.2) is 30.4 Å². The van der Waals surface area contributed by atoms with Gasteiger partial charge < -0.3 is 5.32 Å². The first kappa shape index (κ1) is 12.8. The van der Waals surface area contributed by atoms with E-state index in [1.807, 2.05) is 26.0 Å². The molecule has 1 N–H and O–H groups in total. The minimum Gasteiger partial charge on any atom is -0.310 e. The Bertz CT molecular complexity index is 341. The van der Waals surface area contributed by atoms with E-state index >= 15 is 0 Å². The molecule has 0 heterocycles. The number of rotatable bonds is 5. The fraction of sp³-hybridized carbons (Fsp3) is 0.385. The summed E-state index contributed by atoms with van der Waals surface area (Å²) in [5.41, 5.74) is 0.637. The van der Waals surface area contributed by atoms with E-state index in [9.17, 15) is 8.78 Å². The molecule has 0 aromatic heterocycles. The Hall–Kier alpha value is -1.22. The summed E-state index contributed by atoms with van der Waals surface area (Å²) in [6.07, 6.45) is 4.94. The Morgan fingerprint density at radius 3 is 2.44 bits per heavy atom. The maximum absolute atomic E-state index is 13.0. The van der Waals surface area contributed by atoms with Gasteiger partial charge in [-0.05, 0) is 44.5 Å². The molecule has 1 aromatic rings. The maximum atomic E-state index is 13.0. The zero-order chi connectivity index (χ0) is 12.0. The number of benzene rings is 1. The molecule has 0 aliphatic carbocycles. The second-order valence-corrected chi connectivity index (χ2v) is 3.74. The second kappa shape index (κ2) is 6.38. The highest BCUT2D eigenvalue weighted by Gasteiger charge is 2.07. The lowest BCUT2D eigenvalue weighted by molar-refractivity contribution is 0.549. The van der Waals surface area contributed by atoms with Gasteiger partial charge in [0.15, 0.2) is 0 Å². The lowest BCUT2D eigenvalue weighted by Gasteiger charge is -2.13. The third kappa shape index (κ3) is 4.11. The average molecular weight is 225 g/mol. The van der Waals surface area contributed by atoms with Gasteiger partial charge in [-0.25, -0.2) is 8.78 Å². The molecule has 0 amide bonds. The lowest BCUT2D eigenvalue weighted by Crippen LogP contribution is -2.19. The van der Waals surface area contributed by atoms with Gasteiger partial charge in [-0.2, -0.15) is 0 Å². The summed E-state index contributed by atoms with van der Waals surface area (Å²) in [4.78, 5) is 0. The van der Waals surface area contributed by atoms with E-state index in [1.165, 1.54) is 12.1 Å². The monoisotopic (exact) mass is 225 g/mol. The highest BCUT2D eigenvalue weighted by molar-refractivity contribution is 5.20. The van der Waals surface area contributed by atoms with Crippen molar-refractivity contribution >= 4 is 0 Å². The van der Waals surface area contributed by atoms with E-state index in [4.69, 9.17) is 0 Å². The molecule has 16 heavy (non-hydrogen) atoms. The Kier molecular flexibility index (Phi) is 5.12. The van der Waals surface area contributed by atoms with Gasteiger partial charge in [-0.3, -0.25) is 0 Å². The summed E-state index contributed by atoms with van der Waals surface area (Å²) in [6, 6.07) is 3.55. The summed E-state index contributed by atoms with van der Waals surface area (Å²) < 4.78 is 25.9. The van der Waals surface area contributed by atoms with E-state index in [1.54, 1.807) is 0 Å². The normalized spacial score (nSPS) is 13.2. The fourth-order valence-corrected chi connectivity index (χ4v) is 1.49. The summed E-state index contributed by atoms with van der Waals surface area (Å²) in [5.74, 6) is -1.06. The molecule has 0 spiro atoms. The molecular formula is C13H17F2N. The summed E-state index contributed by atoms with van der Waals surface area (Å²) in [7, 11) is 0. The topological polar surface area (TPSA) is 12.0 Å². The molecule has 1 atom stereocenters. The molecule has 1 rings (SSSR count). The zero-order valence-electron chi connectivity index (χ0n) is 9.63. The SMILES string of the molecule is C/C=C/CCNC(C)c1cc(F)cc(F)c1. The van der Waals surface area contributed by atoms with Crippen molar-refractivity contribution in [2.75, 3.05) is 6.54 Å². The quantitative estimate of drug-likeness (QED) is 0.596. The minimum absolute atomic E-state index is 0.0459. The van der Waals surface area contributed by atoms with Crippen LogP contribution in [-0.4, -0.2) is 6.54 Å². The van der Waals surface area contributed by atoms with Crippen molar-refractivity contribution < 1.29 is 8.78 Å². The molecule has 1 nitrogen and oxygen atoms in total. The number of hydrogen-bond donors (Lipinski definition) is 1. The molecule has 88 valence electrons. The van der Waals surface area contributed by atoms with Gasteiger partial charge in [-0.1, -0.05) is 12.2 Å². The van der Waals surface area contributed by atoms with E-state index in [2.05, 4.69) is 5.32 Å². The predicted octanol–water partition coefficient (Wildman–Crippen LogP) is 3.58. The van der Waals surface area contributed by atoms with E-state index in [0.29, 0.717) is 5.56 Å². The second-order valence-electron chi connectivity index (χ2n) is 3.74. The van der Waals surface area contributed by atoms with Gasteiger partial charge in [0.05, 0.1) is 0 Å². The third-order valence-corrected chi connectivity index (χ3v) is 2.38. The molecule has 0 fully saturated rings. The molecule has 1 unspecified atom stereocenters. The number of nitrogens with one attached hydrogen (secondary N) is 1. The molecule has 3 heteroatoms. The number of halogens is 2. The van der Waals surface area contributed by atoms with Crippen molar-refractivity contribution in [3.63, 3.8) is 0 Å². The van der Waals surface area contributed by atoms with Crippen LogP contribution in [0.25, 0.3) is 0 Å². The average Bonchev–Trinajstić information content (AvgIpc) is 2.22. The van der Waals surface area contributed by atoms with Crippen LogP contribution in [0, 0.1) is 11.6 Å². The number of allylic oxidation sites excluding steroid dienone is 1. The standard InChI is InChI=1S/C13H17F2N/c1-3-4-5-6-16-10(2)11-7-12(14)9-13(15)8-11/h3-4,7-10,16H,5-6H2,1-2H3/b4-3+. The molecule has 0 aliphatic rings. The van der Waals surface area contributed by atoms with Gasteiger partial charge in [0.25, 0.3) is 0 Å². The Balaban J connectivity index is 2.55. The van der Waals surface area contributed by atoms with Gasteiger partial charge in [0, 0.05) is 12.1 Å². The molecule has 0 bridgehead atoms. The molecular weight excluding hydrogens is 208 g/mol. The van der Waals surface area contributed by atoms with Gasteiger partial charge in [-0.15, -0.1) is 0 Å². The van der Waals surface area contributed by atoms with E-state index in [-0.39, 0.29) is 6.04 Å². The van der Waals surface area contributed by atoms with Gasteiger partial charge >= 0.3 is 0 Å². The molecule has 0 aliphatic heterocycles. The van der Waals surface area contributed by atoms with Crippen LogP contribution in [0.4, 0.5) is 8.78 Å². The molecule has 0 saturated carbocycles. The van der Waals surface area contributed by atoms with Crippen molar-refractivity contribution in [2.24, 2.45) is 0 Å². The first-order chi connectivity index (χ1) is 7.63. The molecule has 1 aromatic carbocycles. The lowest BCUT2D eigenvalue weighted by atomic mass is 10.1. The Labute approximate surface area is 95.2 Å². The largest absolute Gasteiger partial charge is 0.310 e. The smallest absolute Gasteiger partial charge is 0.126 e. The number of hydrogen-bond acceptors (Lipinski definition) is 1. The Morgan fingerprint density at radius 2 is 1.88 bits per heavy atom. The summed E-state index contributed by atoms with van der Waals surface area (Å²) >= 11 is 0. The maximum Gasteiger partial charge on any atom is 0.126 e. The molecule has 0 radical (unpaired) electrons. The van der Waals surface area contributed by atoms with E-state index in [0.717, 1.165) is 19.0 Å². The van der Waals surface area contributed by atoms with Crippen LogP contribution < -0.4 is 5.32 Å². The first-order valence-corrected chi connectivity index (χ1v) is 5.44. The van der Waals surface area contributed by atoms with Gasteiger partial charge in [0.2, 0.25) is 0 Å². The fourth-order valence-electron chi connectivity index (χ4n) is 1.49. The minimum atomic E-state index is -0.530. The summed E-state index contributed by atoms with van der Waals surface area (Å²) in [6.45, 7) is 4.65. The summed E-state index contributed by atoms with van der Waals surface area (Å²) in [5, 5.41) is 3.20. The Morgan fingerprint density at radius 1 is 1.25 bits per heavy atom. The third-order valence-electron chi connectivity index (χ3n) is 2.38. The first-order valence-electron chi connectivity index (χ1n) is 5.44. The van der Waals surface area contributed by atoms with Crippen LogP contribution >= 0.6 is 0 Å². The van der Waals surface area contributed by atoms with Crippen molar-refractivity contribution in [2.45, 2.75) is 26.3 Å². The zero-order valence-corrected chi connectivity index (χ0v) is 9.63. The van der Waals surface area contributed by atoms with Crippen molar-refractivity contribution in [3.05, 3.63) is 47.5 Å². The highest BCUT2D eigenvalue weighted by Crippen LogP contribution is 2.15. The molecule has 0 saturated heterocycles. The predicted molar refractivity (Wildman–Crippen MR) is 62.2 cm³/mol. The van der Waals surface area contributed by atoms with Crippen LogP contribution in [0.3, 0.4) is 0 Å². The van der Waals surface area contributed by atoms with Crippen molar-refractivity contribution in [1.29, 1.82) is 0 Å². The van der Waals surface area contributed by atoms with Crippen LogP contribution in [-0.2, 0) is 0 Å². The van der Waals surface area contributed by atoms with Crippen LogP contribution in [0.2, 0.25) is 0 Å². The van der Waals surface area contributed by atoms with Crippen molar-refractivity contribution in [3.8, 4) is 0 Å². The van der Waals surface area contributed by atoms with Gasteiger partial charge in [0.1, 0.15) is 11.6 Å². The van der Waals surface area contributed by atoms with Crippen molar-refractivity contribution in [1.82, 2.24) is 5.32 Å².